The molecule has 1 heterocycles. The van der Waals surface area contributed by atoms with Gasteiger partial charge < -0.3 is 15.8 Å². The summed E-state index contributed by atoms with van der Waals surface area (Å²) in [5.74, 6) is 1.02. The third kappa shape index (κ3) is 3.18. The van der Waals surface area contributed by atoms with Crippen LogP contribution in [0.4, 0.5) is 11.8 Å². The normalized spacial score (nSPS) is 12.4. The highest BCUT2D eigenvalue weighted by Gasteiger charge is 2.05. The predicted molar refractivity (Wildman–Crippen MR) is 56.0 cm³/mol. The van der Waals surface area contributed by atoms with E-state index in [4.69, 9.17) is 10.5 Å². The molecule has 0 fully saturated rings. The number of hydrogen-bond acceptors (Lipinski definition) is 5. The first kappa shape index (κ1) is 10.7. The minimum absolute atomic E-state index is 0.259. The zero-order chi connectivity index (χ0) is 10.4. The summed E-state index contributed by atoms with van der Waals surface area (Å²) in [5, 5.41) is 3.21. The molecule has 5 nitrogen and oxygen atoms in total. The van der Waals surface area contributed by atoms with Crippen LogP contribution in [0.2, 0.25) is 0 Å². The highest BCUT2D eigenvalue weighted by molar-refractivity contribution is 5.38. The van der Waals surface area contributed by atoms with Crippen molar-refractivity contribution in [1.82, 2.24) is 9.97 Å². The lowest BCUT2D eigenvalue weighted by Crippen LogP contribution is -2.24. The van der Waals surface area contributed by atoms with Crippen LogP contribution in [0.5, 0.6) is 0 Å². The van der Waals surface area contributed by atoms with Crippen LogP contribution in [-0.4, -0.2) is 29.7 Å². The number of nitrogen functional groups attached to an aromatic ring is 1. The van der Waals surface area contributed by atoms with Gasteiger partial charge in [0, 0.05) is 13.3 Å². The molecule has 0 saturated carbocycles. The van der Waals surface area contributed by atoms with E-state index in [9.17, 15) is 0 Å². The molecule has 1 atom stereocenters. The lowest BCUT2D eigenvalue weighted by Gasteiger charge is -2.16. The van der Waals surface area contributed by atoms with Crippen LogP contribution in [0.3, 0.4) is 0 Å². The highest BCUT2D eigenvalue weighted by Crippen LogP contribution is 2.06. The molecule has 0 amide bonds. The van der Waals surface area contributed by atoms with Gasteiger partial charge in [-0.25, -0.2) is 4.98 Å². The number of hydrogen-bond donors (Lipinski definition) is 2. The average molecular weight is 196 g/mol. The Bertz CT molecular complexity index is 279. The summed E-state index contributed by atoms with van der Waals surface area (Å²) in [4.78, 5) is 7.86. The van der Waals surface area contributed by atoms with Crippen LogP contribution in [0.15, 0.2) is 12.3 Å². The molecule has 78 valence electrons. The quantitative estimate of drug-likeness (QED) is 0.731. The Morgan fingerprint density at radius 1 is 1.64 bits per heavy atom. The van der Waals surface area contributed by atoms with Crippen LogP contribution in [0.25, 0.3) is 0 Å². The summed E-state index contributed by atoms with van der Waals surface area (Å²) in [6.07, 6.45) is 2.60. The number of ether oxygens (including phenoxy) is 1. The highest BCUT2D eigenvalue weighted by atomic mass is 16.5. The smallest absolute Gasteiger partial charge is 0.221 e. The van der Waals surface area contributed by atoms with Crippen molar-refractivity contribution in [3.05, 3.63) is 12.3 Å². The molecule has 1 aromatic heterocycles. The van der Waals surface area contributed by atoms with E-state index < -0.39 is 0 Å². The molecule has 0 aliphatic heterocycles. The summed E-state index contributed by atoms with van der Waals surface area (Å²) in [7, 11) is 1.68. The van der Waals surface area contributed by atoms with E-state index in [0.29, 0.717) is 6.61 Å². The second-order valence-electron chi connectivity index (χ2n) is 3.00. The maximum atomic E-state index is 5.46. The fourth-order valence-corrected chi connectivity index (χ4v) is 1.13. The third-order valence-electron chi connectivity index (χ3n) is 1.89. The molecule has 0 aromatic carbocycles. The summed E-state index contributed by atoms with van der Waals surface area (Å²) in [6.45, 7) is 2.74. The lowest BCUT2D eigenvalue weighted by atomic mass is 10.2. The Morgan fingerprint density at radius 2 is 2.43 bits per heavy atom. The molecule has 0 aliphatic rings. The van der Waals surface area contributed by atoms with Gasteiger partial charge in [-0.05, 0) is 12.5 Å². The van der Waals surface area contributed by atoms with Gasteiger partial charge >= 0.3 is 0 Å². The zero-order valence-corrected chi connectivity index (χ0v) is 8.53. The number of methoxy groups -OCH3 is 1. The molecule has 3 N–H and O–H groups in total. The number of nitrogens with one attached hydrogen (secondary N) is 1. The van der Waals surface area contributed by atoms with E-state index >= 15 is 0 Å². The Kier molecular flexibility index (Phi) is 4.12. The number of anilines is 2. The van der Waals surface area contributed by atoms with Gasteiger partial charge in [0.05, 0.1) is 12.6 Å². The third-order valence-corrected chi connectivity index (χ3v) is 1.89. The minimum Gasteiger partial charge on any atom is -0.383 e. The van der Waals surface area contributed by atoms with Gasteiger partial charge in [-0.2, -0.15) is 4.98 Å². The van der Waals surface area contributed by atoms with Gasteiger partial charge in [-0.3, -0.25) is 0 Å². The monoisotopic (exact) mass is 196 g/mol. The molecule has 0 bridgehead atoms. The standard InChI is InChI=1S/C9H16N4O/c1-3-7(6-14-2)12-8-4-5-11-9(10)13-8/h4-5,7H,3,6H2,1-2H3,(H3,10,11,12,13). The number of rotatable bonds is 5. The SMILES string of the molecule is CCC(COC)Nc1ccnc(N)n1. The molecule has 0 aliphatic carbocycles. The fourth-order valence-electron chi connectivity index (χ4n) is 1.13. The van der Waals surface area contributed by atoms with E-state index in [1.54, 1.807) is 19.4 Å². The van der Waals surface area contributed by atoms with Crippen molar-refractivity contribution >= 4 is 11.8 Å². The van der Waals surface area contributed by atoms with Gasteiger partial charge in [-0.15, -0.1) is 0 Å². The van der Waals surface area contributed by atoms with E-state index in [1.165, 1.54) is 0 Å². The Balaban J connectivity index is 2.57. The van der Waals surface area contributed by atoms with Gasteiger partial charge in [0.15, 0.2) is 0 Å². The largest absolute Gasteiger partial charge is 0.383 e. The Morgan fingerprint density at radius 3 is 3.00 bits per heavy atom. The van der Waals surface area contributed by atoms with E-state index in [1.807, 2.05) is 0 Å². The first-order valence-corrected chi connectivity index (χ1v) is 4.60. The fraction of sp³-hybridized carbons (Fsp3) is 0.556. The summed E-state index contributed by atoms with van der Waals surface area (Å²) in [5.41, 5.74) is 5.46. The van der Waals surface area contributed by atoms with E-state index in [0.717, 1.165) is 12.2 Å². The topological polar surface area (TPSA) is 73.1 Å². The molecular weight excluding hydrogens is 180 g/mol. The van der Waals surface area contributed by atoms with E-state index in [-0.39, 0.29) is 12.0 Å². The van der Waals surface area contributed by atoms with Crippen LogP contribution in [0.1, 0.15) is 13.3 Å². The number of aromatic nitrogens is 2. The summed E-state index contributed by atoms with van der Waals surface area (Å²) < 4.78 is 5.06. The van der Waals surface area contributed by atoms with Crippen molar-refractivity contribution in [2.45, 2.75) is 19.4 Å². The zero-order valence-electron chi connectivity index (χ0n) is 8.53. The van der Waals surface area contributed by atoms with Crippen LogP contribution in [0, 0.1) is 0 Å². The van der Waals surface area contributed by atoms with Crippen LogP contribution < -0.4 is 11.1 Å². The Labute approximate surface area is 83.7 Å². The summed E-state index contributed by atoms with van der Waals surface area (Å²) >= 11 is 0. The molecule has 1 unspecified atom stereocenters. The first-order chi connectivity index (χ1) is 6.76. The second kappa shape index (κ2) is 5.39. The number of nitrogens with zero attached hydrogens (tertiary/aromatic N) is 2. The molecule has 14 heavy (non-hydrogen) atoms. The molecule has 1 rings (SSSR count). The molecule has 5 heteroatoms. The lowest BCUT2D eigenvalue weighted by molar-refractivity contribution is 0.184. The van der Waals surface area contributed by atoms with E-state index in [2.05, 4.69) is 22.2 Å². The molecule has 0 radical (unpaired) electrons. The number of nitrogens with two attached hydrogens (primary N) is 1. The van der Waals surface area contributed by atoms with Crippen LogP contribution in [-0.2, 0) is 4.74 Å². The maximum absolute atomic E-state index is 5.46. The van der Waals surface area contributed by atoms with Crippen molar-refractivity contribution in [2.75, 3.05) is 24.8 Å². The molecule has 1 aromatic rings. The van der Waals surface area contributed by atoms with Crippen molar-refractivity contribution < 1.29 is 4.74 Å². The first-order valence-electron chi connectivity index (χ1n) is 4.60. The molecule has 0 saturated heterocycles. The van der Waals surface area contributed by atoms with Crippen LogP contribution >= 0.6 is 0 Å². The minimum atomic E-state index is 0.259. The van der Waals surface area contributed by atoms with Crippen molar-refractivity contribution in [1.29, 1.82) is 0 Å². The van der Waals surface area contributed by atoms with Gasteiger partial charge in [0.25, 0.3) is 0 Å². The van der Waals surface area contributed by atoms with Crippen molar-refractivity contribution in [3.8, 4) is 0 Å². The van der Waals surface area contributed by atoms with Crippen molar-refractivity contribution in [3.63, 3.8) is 0 Å². The van der Waals surface area contributed by atoms with Crippen molar-refractivity contribution in [2.24, 2.45) is 0 Å². The van der Waals surface area contributed by atoms with Gasteiger partial charge in [-0.1, -0.05) is 6.92 Å². The second-order valence-corrected chi connectivity index (χ2v) is 3.00. The Hall–Kier alpha value is -1.36. The van der Waals surface area contributed by atoms with Gasteiger partial charge in [0.1, 0.15) is 5.82 Å². The molecule has 0 spiro atoms. The predicted octanol–water partition coefficient (Wildman–Crippen LogP) is 0.896. The maximum Gasteiger partial charge on any atom is 0.221 e. The van der Waals surface area contributed by atoms with Gasteiger partial charge in [0.2, 0.25) is 5.95 Å². The summed E-state index contributed by atoms with van der Waals surface area (Å²) in [6, 6.07) is 2.04. The molecular formula is C9H16N4O. The average Bonchev–Trinajstić information content (AvgIpc) is 2.17.